The van der Waals surface area contributed by atoms with Crippen LogP contribution in [0.5, 0.6) is 0 Å². The summed E-state index contributed by atoms with van der Waals surface area (Å²) in [4.78, 5) is 27.3. The van der Waals surface area contributed by atoms with Gasteiger partial charge in [-0.05, 0) is 68.7 Å². The molecule has 0 radical (unpaired) electrons. The minimum Gasteiger partial charge on any atom is -0.464 e. The zero-order valence-corrected chi connectivity index (χ0v) is 20.2. The number of fused-ring (bicyclic) bond motifs is 2. The van der Waals surface area contributed by atoms with Crippen molar-refractivity contribution in [2.24, 2.45) is 0 Å². The van der Waals surface area contributed by atoms with Crippen molar-refractivity contribution in [3.63, 3.8) is 0 Å². The fourth-order valence-electron chi connectivity index (χ4n) is 4.33. The number of ether oxygens (including phenoxy) is 1. The Kier molecular flexibility index (Phi) is 7.83. The summed E-state index contributed by atoms with van der Waals surface area (Å²) < 4.78 is 11.0. The lowest BCUT2D eigenvalue weighted by atomic mass is 9.95. The van der Waals surface area contributed by atoms with E-state index in [9.17, 15) is 9.59 Å². The molecule has 33 heavy (non-hydrogen) atoms. The second-order valence-electron chi connectivity index (χ2n) is 8.39. The van der Waals surface area contributed by atoms with Crippen LogP contribution in [-0.4, -0.2) is 31.6 Å². The van der Waals surface area contributed by atoms with Crippen molar-refractivity contribution in [1.82, 2.24) is 5.32 Å². The number of amides is 2. The predicted octanol–water partition coefficient (Wildman–Crippen LogP) is 5.27. The van der Waals surface area contributed by atoms with Crippen molar-refractivity contribution in [3.8, 4) is 0 Å². The summed E-state index contributed by atoms with van der Waals surface area (Å²) in [5.41, 5.74) is 4.60. The molecular formula is C26H32N2O4S. The van der Waals surface area contributed by atoms with Gasteiger partial charge in [0.15, 0.2) is 0 Å². The van der Waals surface area contributed by atoms with Crippen molar-refractivity contribution in [1.29, 1.82) is 0 Å². The highest BCUT2D eigenvalue weighted by Gasteiger charge is 2.26. The fourth-order valence-corrected chi connectivity index (χ4v) is 5.64. The molecule has 6 nitrogen and oxygen atoms in total. The van der Waals surface area contributed by atoms with E-state index in [2.05, 4.69) is 23.6 Å². The number of carbonyl (C=O) groups excluding carboxylic acids is 2. The van der Waals surface area contributed by atoms with Gasteiger partial charge < -0.3 is 19.8 Å². The number of thiophene rings is 1. The molecule has 1 aliphatic carbocycles. The topological polar surface area (TPSA) is 80.6 Å². The van der Waals surface area contributed by atoms with E-state index in [4.69, 9.17) is 9.15 Å². The van der Waals surface area contributed by atoms with Gasteiger partial charge >= 0.3 is 0 Å². The molecule has 0 saturated heterocycles. The second kappa shape index (κ2) is 11.0. The Bertz CT molecular complexity index is 1130. The van der Waals surface area contributed by atoms with Crippen molar-refractivity contribution < 1.29 is 18.7 Å². The molecule has 2 N–H and O–H groups in total. The third kappa shape index (κ3) is 5.47. The summed E-state index contributed by atoms with van der Waals surface area (Å²) in [6.45, 7) is 5.92. The lowest BCUT2D eigenvalue weighted by Crippen LogP contribution is -2.27. The summed E-state index contributed by atoms with van der Waals surface area (Å²) in [5.74, 6) is -0.244. The maximum Gasteiger partial charge on any atom is 0.254 e. The molecule has 176 valence electrons. The molecule has 0 saturated carbocycles. The van der Waals surface area contributed by atoms with Crippen LogP contribution >= 0.6 is 11.3 Å². The second-order valence-corrected chi connectivity index (χ2v) is 9.50. The van der Waals surface area contributed by atoms with Gasteiger partial charge in [-0.3, -0.25) is 9.59 Å². The monoisotopic (exact) mass is 468 g/mol. The van der Waals surface area contributed by atoms with Gasteiger partial charge in [-0.25, -0.2) is 0 Å². The molecule has 2 aromatic heterocycles. The van der Waals surface area contributed by atoms with Gasteiger partial charge in [0.2, 0.25) is 5.91 Å². The lowest BCUT2D eigenvalue weighted by molar-refractivity contribution is -0.115. The van der Waals surface area contributed by atoms with Gasteiger partial charge in [-0.1, -0.05) is 13.0 Å². The summed E-state index contributed by atoms with van der Waals surface area (Å²) in [6.07, 6.45) is 7.60. The Labute approximate surface area is 198 Å². The van der Waals surface area contributed by atoms with E-state index in [1.807, 2.05) is 19.1 Å². The van der Waals surface area contributed by atoms with E-state index in [-0.39, 0.29) is 18.2 Å². The number of aryl methyl sites for hydroxylation is 2. The number of nitrogens with one attached hydrogen (secondary N) is 2. The van der Waals surface area contributed by atoms with Crippen molar-refractivity contribution >= 4 is 39.1 Å². The molecule has 0 spiro atoms. The predicted molar refractivity (Wildman–Crippen MR) is 132 cm³/mol. The van der Waals surface area contributed by atoms with Gasteiger partial charge in [0.25, 0.3) is 5.91 Å². The summed E-state index contributed by atoms with van der Waals surface area (Å²) >= 11 is 1.55. The highest BCUT2D eigenvalue weighted by atomic mass is 32.1. The number of furan rings is 1. The van der Waals surface area contributed by atoms with Gasteiger partial charge in [-0.15, -0.1) is 11.3 Å². The standard InChI is InChI=1S/C26H32N2O4S/c1-3-17-10-11-21-20(14-17)18(16-32-21)15-23(29)28-26-24(19-8-5-6-9-22(19)33-26)25(30)27-12-7-13-31-4-2/h10-11,14,16H,3-9,12-13,15H2,1-2H3,(H,27,30)(H,28,29). The normalized spacial score (nSPS) is 13.2. The molecule has 2 amide bonds. The average Bonchev–Trinajstić information content (AvgIpc) is 3.39. The van der Waals surface area contributed by atoms with E-state index in [1.165, 1.54) is 10.4 Å². The maximum atomic E-state index is 13.1. The molecule has 4 rings (SSSR count). The van der Waals surface area contributed by atoms with Crippen LogP contribution in [0.4, 0.5) is 5.00 Å². The van der Waals surface area contributed by atoms with E-state index >= 15 is 0 Å². The number of anilines is 1. The molecule has 0 unspecified atom stereocenters. The number of hydrogen-bond donors (Lipinski definition) is 2. The molecular weight excluding hydrogens is 436 g/mol. The Morgan fingerprint density at radius 2 is 2.03 bits per heavy atom. The number of hydrogen-bond acceptors (Lipinski definition) is 5. The zero-order valence-electron chi connectivity index (χ0n) is 19.4. The van der Waals surface area contributed by atoms with Crippen LogP contribution in [0.2, 0.25) is 0 Å². The SMILES string of the molecule is CCOCCCNC(=O)c1c(NC(=O)Cc2coc3ccc(CC)cc23)sc2c1CCCC2. The summed E-state index contributed by atoms with van der Waals surface area (Å²) in [6, 6.07) is 6.09. The van der Waals surface area contributed by atoms with E-state index in [0.717, 1.165) is 60.6 Å². The van der Waals surface area contributed by atoms with Crippen LogP contribution in [0.25, 0.3) is 11.0 Å². The van der Waals surface area contributed by atoms with Gasteiger partial charge in [0.1, 0.15) is 10.6 Å². The quantitative estimate of drug-likeness (QED) is 0.397. The zero-order chi connectivity index (χ0) is 23.2. The smallest absolute Gasteiger partial charge is 0.254 e. The van der Waals surface area contributed by atoms with Crippen molar-refractivity contribution in [2.45, 2.75) is 58.8 Å². The highest BCUT2D eigenvalue weighted by molar-refractivity contribution is 7.17. The van der Waals surface area contributed by atoms with Gasteiger partial charge in [0, 0.05) is 35.6 Å². The molecule has 0 fully saturated rings. The van der Waals surface area contributed by atoms with Crippen LogP contribution in [0.15, 0.2) is 28.9 Å². The van der Waals surface area contributed by atoms with Crippen molar-refractivity contribution in [3.05, 3.63) is 51.6 Å². The van der Waals surface area contributed by atoms with Crippen LogP contribution in [0, 0.1) is 0 Å². The molecule has 3 aromatic rings. The molecule has 0 aliphatic heterocycles. The van der Waals surface area contributed by atoms with E-state index < -0.39 is 0 Å². The van der Waals surface area contributed by atoms with E-state index in [0.29, 0.717) is 30.3 Å². The molecule has 0 bridgehead atoms. The molecule has 1 aromatic carbocycles. The largest absolute Gasteiger partial charge is 0.464 e. The number of benzene rings is 1. The Hall–Kier alpha value is -2.64. The molecule has 1 aliphatic rings. The van der Waals surface area contributed by atoms with Gasteiger partial charge in [-0.2, -0.15) is 0 Å². The Morgan fingerprint density at radius 1 is 1.18 bits per heavy atom. The van der Waals surface area contributed by atoms with Crippen molar-refractivity contribution in [2.75, 3.05) is 25.1 Å². The first kappa shape index (κ1) is 23.5. The minimum atomic E-state index is -0.136. The minimum absolute atomic E-state index is 0.109. The fraction of sp³-hybridized carbons (Fsp3) is 0.462. The molecule has 7 heteroatoms. The van der Waals surface area contributed by atoms with Crippen LogP contribution in [-0.2, 0) is 35.2 Å². The van der Waals surface area contributed by atoms with Crippen LogP contribution < -0.4 is 10.6 Å². The van der Waals surface area contributed by atoms with Crippen LogP contribution in [0.3, 0.4) is 0 Å². The third-order valence-corrected chi connectivity index (χ3v) is 7.29. The maximum absolute atomic E-state index is 13.1. The third-order valence-electron chi connectivity index (χ3n) is 6.08. The lowest BCUT2D eigenvalue weighted by Gasteiger charge is -2.13. The molecule has 2 heterocycles. The summed E-state index contributed by atoms with van der Waals surface area (Å²) in [5, 5.41) is 7.69. The Morgan fingerprint density at radius 3 is 2.85 bits per heavy atom. The Balaban J connectivity index is 1.49. The molecule has 0 atom stereocenters. The first-order chi connectivity index (χ1) is 16.1. The average molecular weight is 469 g/mol. The number of rotatable bonds is 10. The first-order valence-electron chi connectivity index (χ1n) is 11.9. The van der Waals surface area contributed by atoms with Crippen LogP contribution in [0.1, 0.15) is 65.0 Å². The first-order valence-corrected chi connectivity index (χ1v) is 12.7. The van der Waals surface area contributed by atoms with Gasteiger partial charge in [0.05, 0.1) is 18.2 Å². The highest BCUT2D eigenvalue weighted by Crippen LogP contribution is 2.38. The van der Waals surface area contributed by atoms with E-state index in [1.54, 1.807) is 17.6 Å². The number of carbonyl (C=O) groups is 2. The summed E-state index contributed by atoms with van der Waals surface area (Å²) in [7, 11) is 0.